The van der Waals surface area contributed by atoms with E-state index >= 15 is 0 Å². The molecule has 1 aromatic heterocycles. The molecule has 8 heteroatoms. The lowest BCUT2D eigenvalue weighted by Gasteiger charge is -2.13. The normalized spacial score (nSPS) is 10.2. The Labute approximate surface area is 189 Å². The first kappa shape index (κ1) is 21.7. The molecule has 4 aromatic rings. The van der Waals surface area contributed by atoms with Crippen LogP contribution in [0, 0.1) is 0 Å². The number of rotatable bonds is 6. The summed E-state index contributed by atoms with van der Waals surface area (Å²) in [7, 11) is 3.28. The number of benzene rings is 3. The summed E-state index contributed by atoms with van der Waals surface area (Å²) in [5.41, 5.74) is 2.53. The number of methoxy groups -OCH3 is 2. The number of halogens is 2. The molecule has 0 aliphatic carbocycles. The van der Waals surface area contributed by atoms with Crippen molar-refractivity contribution in [2.75, 3.05) is 24.9 Å². The number of hydrogen-bond acceptors (Lipinski definition) is 6. The highest BCUT2D eigenvalue weighted by Gasteiger charge is 2.10. The van der Waals surface area contributed by atoms with Gasteiger partial charge in [0, 0.05) is 33.4 Å². The lowest BCUT2D eigenvalue weighted by atomic mass is 10.2. The van der Waals surface area contributed by atoms with Gasteiger partial charge in [0.1, 0.15) is 17.3 Å². The van der Waals surface area contributed by atoms with Crippen LogP contribution in [0.1, 0.15) is 0 Å². The van der Waals surface area contributed by atoms with Crippen molar-refractivity contribution in [1.82, 2.24) is 9.97 Å². The molecule has 0 saturated carbocycles. The first-order valence-corrected chi connectivity index (χ1v) is 9.73. The molecular formula is C22H20BrClN4O2. The second kappa shape index (κ2) is 9.65. The molecular weight excluding hydrogens is 468 g/mol. The van der Waals surface area contributed by atoms with Gasteiger partial charge in [0.25, 0.3) is 0 Å². The molecule has 3 aromatic carbocycles. The van der Waals surface area contributed by atoms with E-state index in [0.29, 0.717) is 11.8 Å². The molecule has 1 heterocycles. The highest BCUT2D eigenvalue weighted by molar-refractivity contribution is 9.10. The van der Waals surface area contributed by atoms with E-state index in [1.54, 1.807) is 14.2 Å². The van der Waals surface area contributed by atoms with Crippen LogP contribution in [0.5, 0.6) is 11.5 Å². The van der Waals surface area contributed by atoms with Gasteiger partial charge < -0.3 is 20.1 Å². The molecule has 0 unspecified atom stereocenters. The summed E-state index contributed by atoms with van der Waals surface area (Å²) in [6.45, 7) is 0. The van der Waals surface area contributed by atoms with Crippen LogP contribution in [-0.2, 0) is 0 Å². The third-order valence-electron chi connectivity index (χ3n) is 4.32. The Kier molecular flexibility index (Phi) is 6.97. The zero-order chi connectivity index (χ0) is 20.2. The van der Waals surface area contributed by atoms with Crippen LogP contribution in [0.2, 0.25) is 0 Å². The van der Waals surface area contributed by atoms with Gasteiger partial charge in [0.15, 0.2) is 0 Å². The Morgan fingerprint density at radius 2 is 1.40 bits per heavy atom. The van der Waals surface area contributed by atoms with Gasteiger partial charge >= 0.3 is 0 Å². The second-order valence-corrected chi connectivity index (χ2v) is 7.19. The van der Waals surface area contributed by atoms with Gasteiger partial charge in [-0.2, -0.15) is 4.98 Å². The smallest absolute Gasteiger partial charge is 0.229 e. The zero-order valence-electron chi connectivity index (χ0n) is 16.3. The van der Waals surface area contributed by atoms with E-state index < -0.39 is 0 Å². The SMILES string of the molecule is COc1cccc(Nc2nc(Nc3cccc(OC)c3)c3cc(Br)ccc3n2)c1.Cl. The molecule has 0 atom stereocenters. The predicted molar refractivity (Wildman–Crippen MR) is 127 cm³/mol. The minimum atomic E-state index is 0. The van der Waals surface area contributed by atoms with Gasteiger partial charge in [0.2, 0.25) is 5.95 Å². The molecule has 0 bridgehead atoms. The van der Waals surface area contributed by atoms with Crippen molar-refractivity contribution in [3.8, 4) is 11.5 Å². The van der Waals surface area contributed by atoms with Crippen LogP contribution in [0.25, 0.3) is 10.9 Å². The lowest BCUT2D eigenvalue weighted by Crippen LogP contribution is -2.02. The highest BCUT2D eigenvalue weighted by atomic mass is 79.9. The molecule has 154 valence electrons. The third kappa shape index (κ3) is 4.93. The van der Waals surface area contributed by atoms with Crippen molar-refractivity contribution >= 4 is 62.4 Å². The zero-order valence-corrected chi connectivity index (χ0v) is 18.8. The Balaban J connectivity index is 0.00000256. The Morgan fingerprint density at radius 3 is 2.03 bits per heavy atom. The number of ether oxygens (including phenoxy) is 2. The summed E-state index contributed by atoms with van der Waals surface area (Å²) < 4.78 is 11.6. The van der Waals surface area contributed by atoms with Gasteiger partial charge in [-0.1, -0.05) is 28.1 Å². The van der Waals surface area contributed by atoms with Crippen molar-refractivity contribution in [2.24, 2.45) is 0 Å². The first-order chi connectivity index (χ1) is 14.1. The largest absolute Gasteiger partial charge is 0.497 e. The van der Waals surface area contributed by atoms with E-state index in [9.17, 15) is 0 Å². The topological polar surface area (TPSA) is 68.3 Å². The summed E-state index contributed by atoms with van der Waals surface area (Å²) in [6, 6.07) is 21.2. The molecule has 0 aliphatic rings. The van der Waals surface area contributed by atoms with E-state index in [1.165, 1.54) is 0 Å². The minimum absolute atomic E-state index is 0. The molecule has 0 spiro atoms. The molecule has 2 N–H and O–H groups in total. The molecule has 0 radical (unpaired) electrons. The van der Waals surface area contributed by atoms with Crippen molar-refractivity contribution in [3.05, 3.63) is 71.2 Å². The average molecular weight is 488 g/mol. The fraction of sp³-hybridized carbons (Fsp3) is 0.0909. The Hall–Kier alpha value is -3.03. The van der Waals surface area contributed by atoms with E-state index in [-0.39, 0.29) is 12.4 Å². The third-order valence-corrected chi connectivity index (χ3v) is 4.81. The van der Waals surface area contributed by atoms with Crippen LogP contribution in [-0.4, -0.2) is 24.2 Å². The van der Waals surface area contributed by atoms with Crippen LogP contribution in [0.3, 0.4) is 0 Å². The number of fused-ring (bicyclic) bond motifs is 1. The number of aromatic nitrogens is 2. The highest BCUT2D eigenvalue weighted by Crippen LogP contribution is 2.30. The predicted octanol–water partition coefficient (Wildman–Crippen LogP) is 6.32. The molecule has 6 nitrogen and oxygen atoms in total. The molecule has 0 saturated heterocycles. The maximum Gasteiger partial charge on any atom is 0.229 e. The van der Waals surface area contributed by atoms with Crippen LogP contribution < -0.4 is 20.1 Å². The van der Waals surface area contributed by atoms with Crippen molar-refractivity contribution < 1.29 is 9.47 Å². The fourth-order valence-electron chi connectivity index (χ4n) is 2.92. The monoisotopic (exact) mass is 486 g/mol. The van der Waals surface area contributed by atoms with Crippen LogP contribution in [0.15, 0.2) is 71.2 Å². The maximum absolute atomic E-state index is 5.32. The Morgan fingerprint density at radius 1 is 0.767 bits per heavy atom. The summed E-state index contributed by atoms with van der Waals surface area (Å²) in [4.78, 5) is 9.36. The summed E-state index contributed by atoms with van der Waals surface area (Å²) in [5.74, 6) is 2.70. The quantitative estimate of drug-likeness (QED) is 0.332. The van der Waals surface area contributed by atoms with Gasteiger partial charge in [-0.25, -0.2) is 4.98 Å². The summed E-state index contributed by atoms with van der Waals surface area (Å²) >= 11 is 3.53. The van der Waals surface area contributed by atoms with E-state index in [0.717, 1.165) is 38.2 Å². The van der Waals surface area contributed by atoms with Crippen molar-refractivity contribution in [1.29, 1.82) is 0 Å². The number of hydrogen-bond donors (Lipinski definition) is 2. The maximum atomic E-state index is 5.32. The molecule has 4 rings (SSSR count). The molecule has 0 fully saturated rings. The van der Waals surface area contributed by atoms with Crippen molar-refractivity contribution in [2.45, 2.75) is 0 Å². The summed E-state index contributed by atoms with van der Waals surface area (Å²) in [5, 5.41) is 7.54. The lowest BCUT2D eigenvalue weighted by molar-refractivity contribution is 0.415. The second-order valence-electron chi connectivity index (χ2n) is 6.27. The van der Waals surface area contributed by atoms with E-state index in [1.807, 2.05) is 66.7 Å². The first-order valence-electron chi connectivity index (χ1n) is 8.94. The van der Waals surface area contributed by atoms with Gasteiger partial charge in [-0.3, -0.25) is 0 Å². The molecule has 0 aliphatic heterocycles. The van der Waals surface area contributed by atoms with Crippen LogP contribution >= 0.6 is 28.3 Å². The average Bonchev–Trinajstić information content (AvgIpc) is 2.74. The number of nitrogens with zero attached hydrogens (tertiary/aromatic N) is 2. The van der Waals surface area contributed by atoms with Gasteiger partial charge in [-0.05, 0) is 42.5 Å². The number of anilines is 4. The van der Waals surface area contributed by atoms with Crippen LogP contribution in [0.4, 0.5) is 23.1 Å². The number of nitrogens with one attached hydrogen (secondary N) is 2. The van der Waals surface area contributed by atoms with Crippen molar-refractivity contribution in [3.63, 3.8) is 0 Å². The van der Waals surface area contributed by atoms with Gasteiger partial charge in [-0.15, -0.1) is 12.4 Å². The van der Waals surface area contributed by atoms with Gasteiger partial charge in [0.05, 0.1) is 19.7 Å². The fourth-order valence-corrected chi connectivity index (χ4v) is 3.28. The standard InChI is InChI=1S/C22H19BrN4O2.ClH/c1-28-17-7-3-5-15(12-17)24-21-19-11-14(23)9-10-20(19)26-22(27-21)25-16-6-4-8-18(13-16)29-2;/h3-13H,1-2H3,(H2,24,25,26,27);1H. The Bertz CT molecular complexity index is 1170. The van der Waals surface area contributed by atoms with E-state index in [4.69, 9.17) is 14.5 Å². The molecule has 0 amide bonds. The summed E-state index contributed by atoms with van der Waals surface area (Å²) in [6.07, 6.45) is 0. The minimum Gasteiger partial charge on any atom is -0.497 e. The van der Waals surface area contributed by atoms with E-state index in [2.05, 4.69) is 31.5 Å². The molecule has 30 heavy (non-hydrogen) atoms.